The van der Waals surface area contributed by atoms with Crippen LogP contribution in [0.25, 0.3) is 22.4 Å². The number of ether oxygens (including phenoxy) is 1. The van der Waals surface area contributed by atoms with Gasteiger partial charge in [0.2, 0.25) is 5.88 Å². The Morgan fingerprint density at radius 3 is 2.68 bits per heavy atom. The van der Waals surface area contributed by atoms with Gasteiger partial charge in [-0.25, -0.2) is 17.8 Å². The van der Waals surface area contributed by atoms with Gasteiger partial charge in [-0.3, -0.25) is 9.82 Å². The van der Waals surface area contributed by atoms with Crippen LogP contribution in [0.15, 0.2) is 47.4 Å². The number of halogens is 1. The lowest BCUT2D eigenvalue weighted by Gasteiger charge is -2.27. The van der Waals surface area contributed by atoms with Crippen molar-refractivity contribution in [2.75, 3.05) is 17.8 Å². The molecule has 2 aromatic carbocycles. The Labute approximate surface area is 213 Å². The van der Waals surface area contributed by atoms with Crippen LogP contribution in [-0.2, 0) is 10.0 Å². The van der Waals surface area contributed by atoms with Crippen LogP contribution >= 0.6 is 0 Å². The van der Waals surface area contributed by atoms with E-state index in [1.54, 1.807) is 37.3 Å². The third-order valence-corrected chi connectivity index (χ3v) is 7.54. The number of rotatable bonds is 6. The highest BCUT2D eigenvalue weighted by Gasteiger charge is 2.28. The molecule has 2 atom stereocenters. The van der Waals surface area contributed by atoms with Gasteiger partial charge in [0, 0.05) is 23.5 Å². The Bertz CT molecular complexity index is 1610. The Balaban J connectivity index is 1.44. The first-order chi connectivity index (χ1) is 17.7. The molecular weight excluding hydrogens is 497 g/mol. The Hall–Kier alpha value is -4.08. The molecule has 0 aliphatic carbocycles. The highest BCUT2D eigenvalue weighted by molar-refractivity contribution is 7.92. The van der Waals surface area contributed by atoms with Crippen LogP contribution in [0.4, 0.5) is 10.1 Å². The summed E-state index contributed by atoms with van der Waals surface area (Å²) in [6, 6.07) is 13.0. The highest BCUT2D eigenvalue weighted by atomic mass is 32.2. The van der Waals surface area contributed by atoms with E-state index in [0.29, 0.717) is 46.8 Å². The summed E-state index contributed by atoms with van der Waals surface area (Å²) < 4.78 is 48.8. The van der Waals surface area contributed by atoms with E-state index < -0.39 is 22.3 Å². The lowest BCUT2D eigenvalue weighted by molar-refractivity contribution is 0.0707. The van der Waals surface area contributed by atoms with Crippen molar-refractivity contribution in [2.24, 2.45) is 0 Å². The fourth-order valence-electron chi connectivity index (χ4n) is 4.16. The number of nitrogens with zero attached hydrogens (tertiary/aromatic N) is 4. The molecule has 2 unspecified atom stereocenters. The summed E-state index contributed by atoms with van der Waals surface area (Å²) >= 11 is 0. The van der Waals surface area contributed by atoms with Gasteiger partial charge in [-0.15, -0.1) is 0 Å². The molecule has 5 rings (SSSR count). The minimum absolute atomic E-state index is 0.0579. The molecule has 0 radical (unpaired) electrons. The molecule has 37 heavy (non-hydrogen) atoms. The monoisotopic (exact) mass is 521 g/mol. The molecule has 1 aliphatic heterocycles. The molecule has 12 heteroatoms. The zero-order valence-electron chi connectivity index (χ0n) is 20.1. The van der Waals surface area contributed by atoms with E-state index >= 15 is 0 Å². The third-order valence-electron chi connectivity index (χ3n) is 6.12. The number of nitriles is 1. The number of aromatic nitrogens is 4. The van der Waals surface area contributed by atoms with Crippen LogP contribution in [-0.4, -0.2) is 53.9 Å². The second-order valence-corrected chi connectivity index (χ2v) is 10.5. The zero-order valence-corrected chi connectivity index (χ0v) is 20.9. The quantitative estimate of drug-likeness (QED) is 0.350. The second-order valence-electron chi connectivity index (χ2n) is 8.86. The van der Waals surface area contributed by atoms with Gasteiger partial charge < -0.3 is 10.1 Å². The molecule has 0 bridgehead atoms. The number of anilines is 1. The van der Waals surface area contributed by atoms with Gasteiger partial charge in [0.05, 0.1) is 5.56 Å². The molecule has 0 saturated carbocycles. The molecule has 1 saturated heterocycles. The van der Waals surface area contributed by atoms with E-state index in [0.717, 1.165) is 5.56 Å². The predicted molar refractivity (Wildman–Crippen MR) is 135 cm³/mol. The van der Waals surface area contributed by atoms with Crippen LogP contribution in [0.1, 0.15) is 23.2 Å². The largest absolute Gasteiger partial charge is 0.471 e. The van der Waals surface area contributed by atoms with Crippen LogP contribution in [0.2, 0.25) is 0 Å². The maximum absolute atomic E-state index is 14.4. The first kappa shape index (κ1) is 24.6. The molecule has 190 valence electrons. The number of piperidine rings is 1. The molecule has 3 N–H and O–H groups in total. The minimum atomic E-state index is -3.99. The lowest BCUT2D eigenvalue weighted by Crippen LogP contribution is -2.44. The van der Waals surface area contributed by atoms with Gasteiger partial charge >= 0.3 is 0 Å². The van der Waals surface area contributed by atoms with Gasteiger partial charge in [0.15, 0.2) is 11.5 Å². The van der Waals surface area contributed by atoms with E-state index in [-0.39, 0.29) is 22.9 Å². The van der Waals surface area contributed by atoms with E-state index in [4.69, 9.17) is 4.74 Å². The van der Waals surface area contributed by atoms with Gasteiger partial charge in [0.25, 0.3) is 10.0 Å². The highest BCUT2D eigenvalue weighted by Crippen LogP contribution is 2.30. The number of nitrogens with one attached hydrogen (secondary N) is 3. The Morgan fingerprint density at radius 1 is 1.16 bits per heavy atom. The number of hydrogen-bond acceptors (Lipinski definition) is 8. The molecule has 4 aromatic rings. The number of benzene rings is 2. The maximum Gasteiger partial charge on any atom is 0.263 e. The second kappa shape index (κ2) is 9.76. The van der Waals surface area contributed by atoms with Crippen molar-refractivity contribution in [3.8, 4) is 23.3 Å². The summed E-state index contributed by atoms with van der Waals surface area (Å²) in [4.78, 5) is 8.98. The average molecular weight is 522 g/mol. The smallest absolute Gasteiger partial charge is 0.263 e. The summed E-state index contributed by atoms with van der Waals surface area (Å²) in [6.07, 6.45) is -1.31. The van der Waals surface area contributed by atoms with Gasteiger partial charge in [-0.1, -0.05) is 6.07 Å². The summed E-state index contributed by atoms with van der Waals surface area (Å²) in [5.74, 6) is 0.548. The summed E-state index contributed by atoms with van der Waals surface area (Å²) in [5, 5.41) is 20.0. The summed E-state index contributed by atoms with van der Waals surface area (Å²) in [7, 11) is -3.99. The number of H-pyrrole nitrogens is 1. The SMILES string of the molecule is Cc1ccc(C#N)c(S(=O)(=O)Nc2ccc(-c3nc(OC4CCNCC4F)c4c(C)[nH]nc4n3)cc2)c1. The Morgan fingerprint density at radius 2 is 1.95 bits per heavy atom. The first-order valence-corrected chi connectivity index (χ1v) is 13.1. The number of hydrogen-bond donors (Lipinski definition) is 3. The van der Waals surface area contributed by atoms with Crippen LogP contribution in [0.3, 0.4) is 0 Å². The number of sulfonamides is 1. The molecule has 1 aliphatic rings. The summed E-state index contributed by atoms with van der Waals surface area (Å²) in [5.41, 5.74) is 2.76. The number of alkyl halides is 1. The summed E-state index contributed by atoms with van der Waals surface area (Å²) in [6.45, 7) is 4.43. The molecule has 1 fully saturated rings. The number of fused-ring (bicyclic) bond motifs is 1. The Kier molecular flexibility index (Phi) is 6.49. The van der Waals surface area contributed by atoms with Crippen molar-refractivity contribution in [1.82, 2.24) is 25.5 Å². The van der Waals surface area contributed by atoms with E-state index in [1.807, 2.05) is 13.0 Å². The topological polar surface area (TPSA) is 146 Å². The maximum atomic E-state index is 14.4. The molecule has 0 spiro atoms. The van der Waals surface area contributed by atoms with Crippen molar-refractivity contribution < 1.29 is 17.5 Å². The standard InChI is InChI=1S/C25H24FN7O3S/c1-14-3-4-17(12-27)21(11-14)37(34,35)33-18-7-5-16(6-8-18)23-29-24-22(15(2)31-32-24)25(30-23)36-20-9-10-28-13-19(20)26/h3-8,11,19-20,28,33H,9-10,13H2,1-2H3,(H,29,30,31,32). The number of aromatic amines is 1. The first-order valence-electron chi connectivity index (χ1n) is 11.6. The lowest BCUT2D eigenvalue weighted by atomic mass is 10.1. The van der Waals surface area contributed by atoms with Crippen molar-refractivity contribution in [3.63, 3.8) is 0 Å². The normalized spacial score (nSPS) is 17.9. The van der Waals surface area contributed by atoms with Crippen molar-refractivity contribution in [1.29, 1.82) is 5.26 Å². The van der Waals surface area contributed by atoms with Gasteiger partial charge in [-0.2, -0.15) is 15.3 Å². The minimum Gasteiger partial charge on any atom is -0.471 e. The van der Waals surface area contributed by atoms with Crippen molar-refractivity contribution >= 4 is 26.7 Å². The van der Waals surface area contributed by atoms with E-state index in [1.165, 1.54) is 12.1 Å². The van der Waals surface area contributed by atoms with E-state index in [9.17, 15) is 18.1 Å². The predicted octanol–water partition coefficient (Wildman–Crippen LogP) is 3.39. The average Bonchev–Trinajstić information content (AvgIpc) is 3.26. The molecule has 10 nitrogen and oxygen atoms in total. The van der Waals surface area contributed by atoms with E-state index in [2.05, 4.69) is 30.2 Å². The molecular formula is C25H24FN7O3S. The molecule has 3 heterocycles. The fourth-order valence-corrected chi connectivity index (χ4v) is 5.46. The van der Waals surface area contributed by atoms with Crippen LogP contribution in [0, 0.1) is 25.2 Å². The van der Waals surface area contributed by atoms with Crippen molar-refractivity contribution in [2.45, 2.75) is 37.4 Å². The number of aryl methyl sites for hydroxylation is 2. The van der Waals surface area contributed by atoms with Crippen molar-refractivity contribution in [3.05, 3.63) is 59.3 Å². The van der Waals surface area contributed by atoms with Crippen LogP contribution < -0.4 is 14.8 Å². The molecule has 2 aromatic heterocycles. The molecule has 0 amide bonds. The van der Waals surface area contributed by atoms with Crippen LogP contribution in [0.5, 0.6) is 5.88 Å². The zero-order chi connectivity index (χ0) is 26.2. The fraction of sp³-hybridized carbons (Fsp3) is 0.280. The van der Waals surface area contributed by atoms with Gasteiger partial charge in [0.1, 0.15) is 28.6 Å². The third kappa shape index (κ3) is 4.96. The van der Waals surface area contributed by atoms with Gasteiger partial charge in [-0.05, 0) is 68.8 Å².